The van der Waals surface area contributed by atoms with E-state index in [0.29, 0.717) is 6.54 Å². The SMILES string of the molecule is O=C(O)C1CCCN(C(c2ccc3ccccc3n2)c2ccc(Cl)s2)C1. The van der Waals surface area contributed by atoms with Gasteiger partial charge in [-0.3, -0.25) is 14.7 Å². The molecule has 1 aliphatic heterocycles. The molecule has 0 bridgehead atoms. The summed E-state index contributed by atoms with van der Waals surface area (Å²) in [5.74, 6) is -1.05. The number of aliphatic carboxylic acids is 1. The van der Waals surface area contributed by atoms with Gasteiger partial charge in [0.15, 0.2) is 0 Å². The van der Waals surface area contributed by atoms with Crippen LogP contribution in [0.4, 0.5) is 0 Å². The molecule has 2 unspecified atom stereocenters. The van der Waals surface area contributed by atoms with Crippen molar-refractivity contribution >= 4 is 39.8 Å². The molecule has 26 heavy (non-hydrogen) atoms. The molecule has 134 valence electrons. The van der Waals surface area contributed by atoms with Crippen LogP contribution in [-0.2, 0) is 4.79 Å². The number of likely N-dealkylation sites (tertiary alicyclic amines) is 1. The van der Waals surface area contributed by atoms with E-state index in [1.165, 1.54) is 11.3 Å². The number of carbonyl (C=O) groups is 1. The number of benzene rings is 1. The third kappa shape index (κ3) is 3.47. The van der Waals surface area contributed by atoms with Crippen LogP contribution >= 0.6 is 22.9 Å². The summed E-state index contributed by atoms with van der Waals surface area (Å²) in [7, 11) is 0. The summed E-state index contributed by atoms with van der Waals surface area (Å²) >= 11 is 7.73. The summed E-state index contributed by atoms with van der Waals surface area (Å²) in [5, 5.41) is 10.6. The van der Waals surface area contributed by atoms with E-state index < -0.39 is 5.97 Å². The van der Waals surface area contributed by atoms with Crippen LogP contribution in [0.15, 0.2) is 48.5 Å². The van der Waals surface area contributed by atoms with Gasteiger partial charge >= 0.3 is 5.97 Å². The van der Waals surface area contributed by atoms with E-state index in [4.69, 9.17) is 16.6 Å². The van der Waals surface area contributed by atoms with Crippen LogP contribution in [0.1, 0.15) is 29.5 Å². The first-order valence-electron chi connectivity index (χ1n) is 8.69. The number of nitrogens with zero attached hydrogens (tertiary/aromatic N) is 2. The van der Waals surface area contributed by atoms with Crippen molar-refractivity contribution in [2.24, 2.45) is 5.92 Å². The third-order valence-electron chi connectivity index (χ3n) is 4.93. The fraction of sp³-hybridized carbons (Fsp3) is 0.300. The number of carboxylic acid groups (broad SMARTS) is 1. The standard InChI is InChI=1S/C20H19ClN2O2S/c21-18-10-9-17(26-18)19(23-11-3-5-14(12-23)20(24)25)16-8-7-13-4-1-2-6-15(13)22-16/h1-2,4,6-10,14,19H,3,5,11-12H2,(H,24,25). The number of aromatic nitrogens is 1. The van der Waals surface area contributed by atoms with Crippen molar-refractivity contribution in [2.45, 2.75) is 18.9 Å². The van der Waals surface area contributed by atoms with Crippen LogP contribution in [-0.4, -0.2) is 34.0 Å². The van der Waals surface area contributed by atoms with E-state index in [1.807, 2.05) is 42.5 Å². The van der Waals surface area contributed by atoms with Crippen LogP contribution in [0, 0.1) is 5.92 Å². The van der Waals surface area contributed by atoms with E-state index >= 15 is 0 Å². The van der Waals surface area contributed by atoms with Crippen LogP contribution in [0.3, 0.4) is 0 Å². The molecule has 3 heterocycles. The van der Waals surface area contributed by atoms with Gasteiger partial charge in [0.1, 0.15) is 0 Å². The maximum absolute atomic E-state index is 11.5. The second-order valence-corrected chi connectivity index (χ2v) is 8.39. The number of fused-ring (bicyclic) bond motifs is 1. The molecule has 6 heteroatoms. The number of para-hydroxylation sites is 1. The Balaban J connectivity index is 1.76. The highest BCUT2D eigenvalue weighted by Gasteiger charge is 2.32. The number of carboxylic acids is 1. The zero-order valence-electron chi connectivity index (χ0n) is 14.1. The van der Waals surface area contributed by atoms with Crippen molar-refractivity contribution in [1.29, 1.82) is 0 Å². The second-order valence-electron chi connectivity index (χ2n) is 6.65. The van der Waals surface area contributed by atoms with Gasteiger partial charge in [-0.1, -0.05) is 35.9 Å². The number of halogens is 1. The zero-order chi connectivity index (χ0) is 18.1. The van der Waals surface area contributed by atoms with Gasteiger partial charge < -0.3 is 5.11 Å². The predicted molar refractivity (Wildman–Crippen MR) is 105 cm³/mol. The number of rotatable bonds is 4. The van der Waals surface area contributed by atoms with Crippen LogP contribution in [0.2, 0.25) is 4.34 Å². The van der Waals surface area contributed by atoms with Gasteiger partial charge in [0.05, 0.1) is 27.5 Å². The minimum atomic E-state index is -0.718. The molecule has 4 nitrogen and oxygen atoms in total. The Hall–Kier alpha value is -1.95. The highest BCUT2D eigenvalue weighted by molar-refractivity contribution is 7.16. The third-order valence-corrected chi connectivity index (χ3v) is 6.21. The summed E-state index contributed by atoms with van der Waals surface area (Å²) < 4.78 is 0.734. The molecule has 4 rings (SSSR count). The first-order valence-corrected chi connectivity index (χ1v) is 9.89. The first kappa shape index (κ1) is 17.5. The fourth-order valence-electron chi connectivity index (χ4n) is 3.66. The molecule has 0 aliphatic carbocycles. The molecule has 0 saturated carbocycles. The summed E-state index contributed by atoms with van der Waals surface area (Å²) in [4.78, 5) is 19.7. The minimum Gasteiger partial charge on any atom is -0.481 e. The van der Waals surface area contributed by atoms with Crippen molar-refractivity contribution in [2.75, 3.05) is 13.1 Å². The Labute approximate surface area is 161 Å². The van der Waals surface area contributed by atoms with Gasteiger partial charge in [0.25, 0.3) is 0 Å². The van der Waals surface area contributed by atoms with Crippen molar-refractivity contribution < 1.29 is 9.90 Å². The normalized spacial score (nSPS) is 19.5. The van der Waals surface area contributed by atoms with E-state index in [9.17, 15) is 9.90 Å². The number of piperidine rings is 1. The number of hydrogen-bond donors (Lipinski definition) is 1. The lowest BCUT2D eigenvalue weighted by Crippen LogP contribution is -2.41. The molecule has 1 N–H and O–H groups in total. The second kappa shape index (κ2) is 7.35. The van der Waals surface area contributed by atoms with Gasteiger partial charge in [-0.2, -0.15) is 0 Å². The topological polar surface area (TPSA) is 53.4 Å². The monoisotopic (exact) mass is 386 g/mol. The summed E-state index contributed by atoms with van der Waals surface area (Å²) in [5.41, 5.74) is 1.89. The maximum atomic E-state index is 11.5. The highest BCUT2D eigenvalue weighted by atomic mass is 35.5. The maximum Gasteiger partial charge on any atom is 0.307 e. The van der Waals surface area contributed by atoms with E-state index in [-0.39, 0.29) is 12.0 Å². The molecular weight excluding hydrogens is 368 g/mol. The molecule has 2 atom stereocenters. The Bertz CT molecular complexity index is 942. The van der Waals surface area contributed by atoms with Crippen LogP contribution in [0.5, 0.6) is 0 Å². The molecule has 1 fully saturated rings. The van der Waals surface area contributed by atoms with Gasteiger partial charge in [0.2, 0.25) is 0 Å². The lowest BCUT2D eigenvalue weighted by Gasteiger charge is -2.36. The van der Waals surface area contributed by atoms with E-state index in [0.717, 1.165) is 45.2 Å². The number of pyridine rings is 1. The summed E-state index contributed by atoms with van der Waals surface area (Å²) in [6, 6.07) is 16.0. The van der Waals surface area contributed by atoms with Crippen molar-refractivity contribution in [1.82, 2.24) is 9.88 Å². The Morgan fingerprint density at radius 2 is 2.08 bits per heavy atom. The summed E-state index contributed by atoms with van der Waals surface area (Å²) in [6.45, 7) is 1.39. The molecule has 2 aromatic heterocycles. The lowest BCUT2D eigenvalue weighted by molar-refractivity contribution is -0.143. The predicted octanol–water partition coefficient (Wildman–Crippen LogP) is 4.84. The molecule has 0 radical (unpaired) electrons. The minimum absolute atomic E-state index is 0.0701. The van der Waals surface area contributed by atoms with Gasteiger partial charge in [0, 0.05) is 16.8 Å². The number of hydrogen-bond acceptors (Lipinski definition) is 4. The van der Waals surface area contributed by atoms with Crippen molar-refractivity contribution in [3.8, 4) is 0 Å². The molecule has 3 aromatic rings. The molecule has 1 aliphatic rings. The Morgan fingerprint density at radius 3 is 2.85 bits per heavy atom. The van der Waals surface area contributed by atoms with Gasteiger partial charge in [-0.15, -0.1) is 11.3 Å². The molecular formula is C20H19ClN2O2S. The number of thiophene rings is 1. The average molecular weight is 387 g/mol. The van der Waals surface area contributed by atoms with Crippen molar-refractivity contribution in [3.63, 3.8) is 0 Å². The Morgan fingerprint density at radius 1 is 1.23 bits per heavy atom. The average Bonchev–Trinajstić information content (AvgIpc) is 3.08. The molecule has 1 saturated heterocycles. The van der Waals surface area contributed by atoms with Gasteiger partial charge in [-0.25, -0.2) is 0 Å². The lowest BCUT2D eigenvalue weighted by atomic mass is 9.95. The van der Waals surface area contributed by atoms with Crippen LogP contribution < -0.4 is 0 Å². The quantitative estimate of drug-likeness (QED) is 0.697. The smallest absolute Gasteiger partial charge is 0.307 e. The van der Waals surface area contributed by atoms with Crippen molar-refractivity contribution in [3.05, 3.63) is 63.4 Å². The highest BCUT2D eigenvalue weighted by Crippen LogP contribution is 2.37. The molecule has 0 amide bonds. The van der Waals surface area contributed by atoms with Crippen LogP contribution in [0.25, 0.3) is 10.9 Å². The van der Waals surface area contributed by atoms with E-state index in [2.05, 4.69) is 11.0 Å². The summed E-state index contributed by atoms with van der Waals surface area (Å²) in [6.07, 6.45) is 1.61. The van der Waals surface area contributed by atoms with E-state index in [1.54, 1.807) is 0 Å². The van der Waals surface area contributed by atoms with Gasteiger partial charge in [-0.05, 0) is 43.7 Å². The molecule has 1 aromatic carbocycles. The first-order chi connectivity index (χ1) is 12.6. The fourth-order valence-corrected chi connectivity index (χ4v) is 4.87. The largest absolute Gasteiger partial charge is 0.481 e. The Kier molecular flexibility index (Phi) is 4.94. The molecule has 0 spiro atoms. The zero-order valence-corrected chi connectivity index (χ0v) is 15.7.